The Morgan fingerprint density at radius 1 is 1.43 bits per heavy atom. The molecule has 2 rings (SSSR count). The summed E-state index contributed by atoms with van der Waals surface area (Å²) >= 11 is 0. The van der Waals surface area contributed by atoms with Crippen LogP contribution in [0.1, 0.15) is 42.5 Å². The number of aromatic nitrogens is 1. The number of nitrogens with one attached hydrogen (secondary N) is 1. The highest BCUT2D eigenvalue weighted by Crippen LogP contribution is 2.19. The van der Waals surface area contributed by atoms with Gasteiger partial charge in [0.05, 0.1) is 12.7 Å². The molecule has 1 N–H and O–H groups in total. The predicted molar refractivity (Wildman–Crippen MR) is 81.7 cm³/mol. The van der Waals surface area contributed by atoms with Gasteiger partial charge in [0.25, 0.3) is 11.5 Å². The van der Waals surface area contributed by atoms with E-state index in [9.17, 15) is 9.59 Å². The fraction of sp³-hybridized carbons (Fsp3) is 0.500. The first-order chi connectivity index (χ1) is 10.1. The molecule has 0 saturated carbocycles. The van der Waals surface area contributed by atoms with E-state index >= 15 is 0 Å². The molecule has 0 aromatic carbocycles. The molecule has 0 bridgehead atoms. The SMILES string of the molecule is COc1cc(=O)n(C)cc1C(=O)NCCC1=CCCCC1. The minimum atomic E-state index is -0.209. The Morgan fingerprint density at radius 3 is 2.90 bits per heavy atom. The number of methoxy groups -OCH3 is 1. The van der Waals surface area contributed by atoms with Crippen LogP contribution in [-0.2, 0) is 7.05 Å². The van der Waals surface area contributed by atoms with Crippen molar-refractivity contribution in [1.82, 2.24) is 9.88 Å². The van der Waals surface area contributed by atoms with Gasteiger partial charge in [-0.05, 0) is 32.1 Å². The lowest BCUT2D eigenvalue weighted by atomic mass is 9.97. The van der Waals surface area contributed by atoms with Crippen molar-refractivity contribution in [2.75, 3.05) is 13.7 Å². The molecule has 0 saturated heterocycles. The van der Waals surface area contributed by atoms with E-state index in [1.165, 1.54) is 42.4 Å². The molecule has 0 aliphatic heterocycles. The maximum absolute atomic E-state index is 12.2. The van der Waals surface area contributed by atoms with Crippen LogP contribution in [0.3, 0.4) is 0 Å². The zero-order valence-corrected chi connectivity index (χ0v) is 12.6. The maximum Gasteiger partial charge on any atom is 0.256 e. The second kappa shape index (κ2) is 7.11. The van der Waals surface area contributed by atoms with Gasteiger partial charge < -0.3 is 14.6 Å². The quantitative estimate of drug-likeness (QED) is 0.844. The van der Waals surface area contributed by atoms with Crippen molar-refractivity contribution in [3.8, 4) is 5.75 Å². The molecule has 1 aliphatic carbocycles. The minimum Gasteiger partial charge on any atom is -0.496 e. The lowest BCUT2D eigenvalue weighted by Gasteiger charge is -2.14. The monoisotopic (exact) mass is 290 g/mol. The first-order valence-electron chi connectivity index (χ1n) is 7.32. The van der Waals surface area contributed by atoms with Gasteiger partial charge in [0, 0.05) is 25.9 Å². The fourth-order valence-corrected chi connectivity index (χ4v) is 2.52. The summed E-state index contributed by atoms with van der Waals surface area (Å²) in [4.78, 5) is 23.7. The number of nitrogens with zero attached hydrogens (tertiary/aromatic N) is 1. The summed E-state index contributed by atoms with van der Waals surface area (Å²) in [6.07, 6.45) is 9.48. The fourth-order valence-electron chi connectivity index (χ4n) is 2.52. The molecule has 0 spiro atoms. The maximum atomic E-state index is 12.2. The molecule has 5 heteroatoms. The van der Waals surface area contributed by atoms with Gasteiger partial charge in [-0.3, -0.25) is 9.59 Å². The summed E-state index contributed by atoms with van der Waals surface area (Å²) in [5, 5.41) is 2.89. The molecule has 0 unspecified atom stereocenters. The average molecular weight is 290 g/mol. The topological polar surface area (TPSA) is 60.3 Å². The van der Waals surface area contributed by atoms with Crippen LogP contribution in [0, 0.1) is 0 Å². The number of ether oxygens (including phenoxy) is 1. The van der Waals surface area contributed by atoms with Crippen molar-refractivity contribution in [2.45, 2.75) is 32.1 Å². The van der Waals surface area contributed by atoms with E-state index in [-0.39, 0.29) is 11.5 Å². The molecule has 1 amide bonds. The molecule has 0 fully saturated rings. The van der Waals surface area contributed by atoms with Crippen molar-refractivity contribution >= 4 is 5.91 Å². The van der Waals surface area contributed by atoms with Crippen LogP contribution in [0.5, 0.6) is 5.75 Å². The van der Waals surface area contributed by atoms with Crippen LogP contribution in [0.15, 0.2) is 28.7 Å². The molecule has 0 radical (unpaired) electrons. The van der Waals surface area contributed by atoms with Gasteiger partial charge in [-0.15, -0.1) is 0 Å². The Bertz CT molecular complexity index is 602. The highest BCUT2D eigenvalue weighted by atomic mass is 16.5. The third-order valence-electron chi connectivity index (χ3n) is 3.77. The van der Waals surface area contributed by atoms with Gasteiger partial charge in [-0.2, -0.15) is 0 Å². The highest BCUT2D eigenvalue weighted by Gasteiger charge is 2.14. The Morgan fingerprint density at radius 2 is 2.24 bits per heavy atom. The molecule has 1 aliphatic rings. The predicted octanol–water partition coefficient (Wildman–Crippen LogP) is 2.01. The third kappa shape index (κ3) is 3.97. The smallest absolute Gasteiger partial charge is 0.256 e. The van der Waals surface area contributed by atoms with Gasteiger partial charge in [-0.1, -0.05) is 11.6 Å². The number of carbonyl (C=O) groups excluding carboxylic acids is 1. The standard InChI is InChI=1S/C16H22N2O3/c1-18-11-13(14(21-2)10-15(18)19)16(20)17-9-8-12-6-4-3-5-7-12/h6,10-11H,3-5,7-9H2,1-2H3,(H,17,20). The number of amides is 1. The Kier molecular flexibility index (Phi) is 5.20. The highest BCUT2D eigenvalue weighted by molar-refractivity contribution is 5.96. The number of pyridine rings is 1. The van der Waals surface area contributed by atoms with Crippen molar-refractivity contribution in [1.29, 1.82) is 0 Å². The molecular weight excluding hydrogens is 268 g/mol. The zero-order chi connectivity index (χ0) is 15.2. The van der Waals surface area contributed by atoms with E-state index in [1.807, 2.05) is 0 Å². The first kappa shape index (κ1) is 15.4. The summed E-state index contributed by atoms with van der Waals surface area (Å²) in [5.74, 6) is 0.103. The summed E-state index contributed by atoms with van der Waals surface area (Å²) in [6.45, 7) is 0.608. The van der Waals surface area contributed by atoms with Gasteiger partial charge in [0.15, 0.2) is 0 Å². The zero-order valence-electron chi connectivity index (χ0n) is 12.6. The third-order valence-corrected chi connectivity index (χ3v) is 3.77. The number of rotatable bonds is 5. The molecule has 21 heavy (non-hydrogen) atoms. The van der Waals surface area contributed by atoms with Gasteiger partial charge in [0.1, 0.15) is 5.75 Å². The number of allylic oxidation sites excluding steroid dienone is 1. The molecular formula is C16H22N2O3. The second-order valence-corrected chi connectivity index (χ2v) is 5.32. The van der Waals surface area contributed by atoms with Crippen LogP contribution in [0.25, 0.3) is 0 Å². The molecule has 5 nitrogen and oxygen atoms in total. The van der Waals surface area contributed by atoms with Gasteiger partial charge >= 0.3 is 0 Å². The van der Waals surface area contributed by atoms with E-state index in [4.69, 9.17) is 4.74 Å². The first-order valence-corrected chi connectivity index (χ1v) is 7.32. The van der Waals surface area contributed by atoms with Crippen LogP contribution >= 0.6 is 0 Å². The number of hydrogen-bond acceptors (Lipinski definition) is 3. The summed E-state index contributed by atoms with van der Waals surface area (Å²) in [5.41, 5.74) is 1.61. The van der Waals surface area contributed by atoms with Crippen molar-refractivity contribution in [3.05, 3.63) is 39.8 Å². The van der Waals surface area contributed by atoms with Crippen molar-refractivity contribution in [3.63, 3.8) is 0 Å². The normalized spacial score (nSPS) is 14.5. The Hall–Kier alpha value is -2.04. The molecule has 0 atom stereocenters. The lowest BCUT2D eigenvalue weighted by molar-refractivity contribution is 0.0950. The molecule has 114 valence electrons. The Labute approximate surface area is 124 Å². The van der Waals surface area contributed by atoms with E-state index < -0.39 is 0 Å². The molecule has 1 heterocycles. The number of carbonyl (C=O) groups is 1. The summed E-state index contributed by atoms with van der Waals surface area (Å²) in [7, 11) is 3.07. The molecule has 1 aromatic heterocycles. The molecule has 1 aromatic rings. The van der Waals surface area contributed by atoms with Crippen LogP contribution in [0.2, 0.25) is 0 Å². The lowest BCUT2D eigenvalue weighted by Crippen LogP contribution is -2.27. The van der Waals surface area contributed by atoms with Gasteiger partial charge in [-0.25, -0.2) is 0 Å². The second-order valence-electron chi connectivity index (χ2n) is 5.32. The summed E-state index contributed by atoms with van der Waals surface area (Å²) in [6, 6.07) is 1.33. The van der Waals surface area contributed by atoms with Crippen LogP contribution in [-0.4, -0.2) is 24.1 Å². The van der Waals surface area contributed by atoms with E-state index in [0.29, 0.717) is 17.9 Å². The van der Waals surface area contributed by atoms with E-state index in [0.717, 1.165) is 19.3 Å². The van der Waals surface area contributed by atoms with Gasteiger partial charge in [0.2, 0.25) is 0 Å². The number of hydrogen-bond donors (Lipinski definition) is 1. The van der Waals surface area contributed by atoms with Crippen molar-refractivity contribution < 1.29 is 9.53 Å². The van der Waals surface area contributed by atoms with E-state index in [2.05, 4.69) is 11.4 Å². The minimum absolute atomic E-state index is 0.198. The van der Waals surface area contributed by atoms with Crippen LogP contribution < -0.4 is 15.6 Å². The Balaban J connectivity index is 1.98. The largest absolute Gasteiger partial charge is 0.496 e. The van der Waals surface area contributed by atoms with E-state index in [1.54, 1.807) is 7.05 Å². The number of aryl methyl sites for hydroxylation is 1. The summed E-state index contributed by atoms with van der Waals surface area (Å²) < 4.78 is 6.49. The average Bonchev–Trinajstić information content (AvgIpc) is 2.50. The van der Waals surface area contributed by atoms with Crippen molar-refractivity contribution in [2.24, 2.45) is 7.05 Å². The van der Waals surface area contributed by atoms with Crippen LogP contribution in [0.4, 0.5) is 0 Å².